The van der Waals surface area contributed by atoms with E-state index >= 15 is 0 Å². The number of carbonyl (C=O) groups excluding carboxylic acids is 3. The Morgan fingerprint density at radius 2 is 1.44 bits per heavy atom. The molecule has 1 aliphatic heterocycles. The van der Waals surface area contributed by atoms with Crippen LogP contribution in [0.25, 0.3) is 0 Å². The van der Waals surface area contributed by atoms with Crippen molar-refractivity contribution < 1.29 is 19.1 Å². The highest BCUT2D eigenvalue weighted by atomic mass is 35.5. The second kappa shape index (κ2) is 7.16. The van der Waals surface area contributed by atoms with Gasteiger partial charge in [-0.05, 0) is 61.4 Å². The minimum absolute atomic E-state index is 0.115. The minimum atomic E-state index is -0.501. The highest BCUT2D eigenvalue weighted by molar-refractivity contribution is 6.30. The van der Waals surface area contributed by atoms with Crippen molar-refractivity contribution in [2.24, 2.45) is 11.8 Å². The van der Waals surface area contributed by atoms with Crippen LogP contribution in [0, 0.1) is 11.8 Å². The lowest BCUT2D eigenvalue weighted by Crippen LogP contribution is -2.30. The smallest absolute Gasteiger partial charge is 0.343 e. The lowest BCUT2D eigenvalue weighted by Gasteiger charge is -2.19. The molecule has 1 aliphatic carbocycles. The molecule has 1 saturated heterocycles. The van der Waals surface area contributed by atoms with Crippen LogP contribution in [0.15, 0.2) is 48.5 Å². The van der Waals surface area contributed by atoms with E-state index in [-0.39, 0.29) is 23.7 Å². The standard InChI is InChI=1S/C21H18ClNO4/c22-14-7-5-13(6-8-14)21(26)27-16-11-9-15(10-12-16)23-19(24)17-3-1-2-4-18(17)20(23)25/h5-12,17-18H,1-4H2/t17-,18-/m0/s1. The second-order valence-corrected chi connectivity index (χ2v) is 7.34. The fourth-order valence-electron chi connectivity index (χ4n) is 3.83. The molecule has 0 unspecified atom stereocenters. The van der Waals surface area contributed by atoms with Crippen molar-refractivity contribution in [3.63, 3.8) is 0 Å². The summed E-state index contributed by atoms with van der Waals surface area (Å²) in [4.78, 5) is 38.7. The van der Waals surface area contributed by atoms with E-state index in [0.717, 1.165) is 25.7 Å². The first-order valence-corrected chi connectivity index (χ1v) is 9.38. The molecule has 2 atom stereocenters. The van der Waals surface area contributed by atoms with Crippen molar-refractivity contribution in [1.29, 1.82) is 0 Å². The molecule has 0 radical (unpaired) electrons. The number of rotatable bonds is 3. The molecule has 6 heteroatoms. The first-order chi connectivity index (χ1) is 13.0. The Kier molecular flexibility index (Phi) is 4.70. The van der Waals surface area contributed by atoms with Gasteiger partial charge in [0.25, 0.3) is 0 Å². The second-order valence-electron chi connectivity index (χ2n) is 6.90. The number of halogens is 1. The monoisotopic (exact) mass is 383 g/mol. The van der Waals surface area contributed by atoms with Gasteiger partial charge in [0.2, 0.25) is 11.8 Å². The number of hydrogen-bond donors (Lipinski definition) is 0. The molecule has 1 heterocycles. The first-order valence-electron chi connectivity index (χ1n) is 9.00. The molecule has 0 aromatic heterocycles. The molecule has 27 heavy (non-hydrogen) atoms. The van der Waals surface area contributed by atoms with Gasteiger partial charge in [0.15, 0.2) is 0 Å². The Balaban J connectivity index is 1.49. The van der Waals surface area contributed by atoms with Crippen molar-refractivity contribution in [3.8, 4) is 5.75 Å². The predicted octanol–water partition coefficient (Wildman–Crippen LogP) is 4.24. The number of hydrogen-bond acceptors (Lipinski definition) is 4. The SMILES string of the molecule is O=C(Oc1ccc(N2C(=O)[C@H]3CCCC[C@@H]3C2=O)cc1)c1ccc(Cl)cc1. The maximum absolute atomic E-state index is 12.6. The molecule has 2 aromatic rings. The maximum Gasteiger partial charge on any atom is 0.343 e. The number of carbonyl (C=O) groups is 3. The van der Waals surface area contributed by atoms with Crippen LogP contribution in [0.5, 0.6) is 5.75 Å². The van der Waals surface area contributed by atoms with Crippen LogP contribution < -0.4 is 9.64 Å². The summed E-state index contributed by atoms with van der Waals surface area (Å²) in [6.45, 7) is 0. The summed E-state index contributed by atoms with van der Waals surface area (Å²) in [6.07, 6.45) is 3.55. The maximum atomic E-state index is 12.6. The molecular formula is C21H18ClNO4. The lowest BCUT2D eigenvalue weighted by molar-refractivity contribution is -0.122. The molecule has 2 aliphatic rings. The highest BCUT2D eigenvalue weighted by Gasteiger charge is 2.48. The number of anilines is 1. The first kappa shape index (κ1) is 17.7. The Morgan fingerprint density at radius 3 is 2.00 bits per heavy atom. The van der Waals surface area contributed by atoms with Crippen molar-refractivity contribution >= 4 is 35.1 Å². The van der Waals surface area contributed by atoms with Crippen LogP contribution in [-0.2, 0) is 9.59 Å². The fourth-order valence-corrected chi connectivity index (χ4v) is 3.96. The van der Waals surface area contributed by atoms with Crippen molar-refractivity contribution in [3.05, 3.63) is 59.1 Å². The zero-order valence-electron chi connectivity index (χ0n) is 14.6. The van der Waals surface area contributed by atoms with E-state index in [1.165, 1.54) is 4.90 Å². The number of amides is 2. The van der Waals surface area contributed by atoms with Gasteiger partial charge in [0.05, 0.1) is 23.1 Å². The lowest BCUT2D eigenvalue weighted by atomic mass is 9.81. The Hall–Kier alpha value is -2.66. The van der Waals surface area contributed by atoms with Crippen LogP contribution in [-0.4, -0.2) is 17.8 Å². The molecule has 0 spiro atoms. The summed E-state index contributed by atoms with van der Waals surface area (Å²) in [6, 6.07) is 12.9. The summed E-state index contributed by atoms with van der Waals surface area (Å²) in [5.74, 6) is -0.762. The molecule has 0 N–H and O–H groups in total. The Labute approximate surface area is 161 Å². The summed E-state index contributed by atoms with van der Waals surface area (Å²) in [7, 11) is 0. The van der Waals surface area contributed by atoms with Gasteiger partial charge in [-0.1, -0.05) is 24.4 Å². The van der Waals surface area contributed by atoms with E-state index < -0.39 is 5.97 Å². The van der Waals surface area contributed by atoms with E-state index in [1.807, 2.05) is 0 Å². The van der Waals surface area contributed by atoms with Crippen LogP contribution in [0.4, 0.5) is 5.69 Å². The number of imide groups is 1. The molecule has 138 valence electrons. The van der Waals surface area contributed by atoms with Gasteiger partial charge in [-0.25, -0.2) is 4.79 Å². The number of ether oxygens (including phenoxy) is 1. The average Bonchev–Trinajstić information content (AvgIpc) is 2.94. The molecule has 4 rings (SSSR count). The minimum Gasteiger partial charge on any atom is -0.423 e. The number of benzene rings is 2. The summed E-state index contributed by atoms with van der Waals surface area (Å²) in [5, 5.41) is 0.538. The van der Waals surface area contributed by atoms with Crippen molar-refractivity contribution in [2.45, 2.75) is 25.7 Å². The van der Waals surface area contributed by atoms with E-state index in [9.17, 15) is 14.4 Å². The zero-order valence-corrected chi connectivity index (χ0v) is 15.3. The van der Waals surface area contributed by atoms with E-state index in [4.69, 9.17) is 16.3 Å². The Morgan fingerprint density at radius 1 is 0.889 bits per heavy atom. The average molecular weight is 384 g/mol. The van der Waals surface area contributed by atoms with Crippen LogP contribution in [0.1, 0.15) is 36.0 Å². The topological polar surface area (TPSA) is 63.7 Å². The molecule has 5 nitrogen and oxygen atoms in total. The molecule has 2 aromatic carbocycles. The zero-order chi connectivity index (χ0) is 19.0. The van der Waals surface area contributed by atoms with Gasteiger partial charge >= 0.3 is 5.97 Å². The van der Waals surface area contributed by atoms with Crippen LogP contribution in [0.2, 0.25) is 5.02 Å². The summed E-state index contributed by atoms with van der Waals surface area (Å²) < 4.78 is 5.34. The molecule has 1 saturated carbocycles. The van der Waals surface area contributed by atoms with Gasteiger partial charge < -0.3 is 4.74 Å². The molecule has 2 amide bonds. The quantitative estimate of drug-likeness (QED) is 0.452. The predicted molar refractivity (Wildman–Crippen MR) is 101 cm³/mol. The molecule has 0 bridgehead atoms. The normalized spacial score (nSPS) is 21.9. The van der Waals surface area contributed by atoms with Crippen molar-refractivity contribution in [2.75, 3.05) is 4.90 Å². The number of esters is 1. The van der Waals surface area contributed by atoms with Gasteiger partial charge in [-0.3, -0.25) is 14.5 Å². The Bertz CT molecular complexity index is 867. The summed E-state index contributed by atoms with van der Waals surface area (Å²) in [5.41, 5.74) is 0.906. The van der Waals surface area contributed by atoms with Gasteiger partial charge in [0.1, 0.15) is 5.75 Å². The third-order valence-electron chi connectivity index (χ3n) is 5.23. The van der Waals surface area contributed by atoms with Gasteiger partial charge in [-0.2, -0.15) is 0 Å². The third kappa shape index (κ3) is 3.35. The number of fused-ring (bicyclic) bond motifs is 1. The van der Waals surface area contributed by atoms with E-state index in [0.29, 0.717) is 22.0 Å². The highest BCUT2D eigenvalue weighted by Crippen LogP contribution is 2.40. The van der Waals surface area contributed by atoms with E-state index in [2.05, 4.69) is 0 Å². The molecule has 2 fully saturated rings. The summed E-state index contributed by atoms with van der Waals surface area (Å²) >= 11 is 5.81. The van der Waals surface area contributed by atoms with E-state index in [1.54, 1.807) is 48.5 Å². The molecular weight excluding hydrogens is 366 g/mol. The van der Waals surface area contributed by atoms with Crippen LogP contribution in [0.3, 0.4) is 0 Å². The number of nitrogens with zero attached hydrogens (tertiary/aromatic N) is 1. The van der Waals surface area contributed by atoms with Crippen molar-refractivity contribution in [1.82, 2.24) is 0 Å². The third-order valence-corrected chi connectivity index (χ3v) is 5.48. The van der Waals surface area contributed by atoms with Crippen LogP contribution >= 0.6 is 11.6 Å². The van der Waals surface area contributed by atoms with Gasteiger partial charge in [-0.15, -0.1) is 0 Å². The largest absolute Gasteiger partial charge is 0.423 e. The fraction of sp³-hybridized carbons (Fsp3) is 0.286. The van der Waals surface area contributed by atoms with Gasteiger partial charge in [0, 0.05) is 5.02 Å².